The van der Waals surface area contributed by atoms with Crippen LogP contribution in [-0.4, -0.2) is 11.6 Å². The van der Waals surface area contributed by atoms with E-state index in [2.05, 4.69) is 34.0 Å². The van der Waals surface area contributed by atoms with Gasteiger partial charge in [0.1, 0.15) is 0 Å². The molecular formula is C19H15N3OS. The molecule has 0 bridgehead atoms. The molecule has 2 aromatic rings. The molecule has 4 rings (SSSR count). The number of anilines is 1. The van der Waals surface area contributed by atoms with Crippen LogP contribution in [0, 0.1) is 0 Å². The first-order valence-electron chi connectivity index (χ1n) is 7.62. The molecule has 24 heavy (non-hydrogen) atoms. The Hall–Kier alpha value is -2.79. The summed E-state index contributed by atoms with van der Waals surface area (Å²) < 4.78 is 0. The second-order valence-electron chi connectivity index (χ2n) is 5.52. The Morgan fingerprint density at radius 1 is 1.00 bits per heavy atom. The highest BCUT2D eigenvalue weighted by molar-refractivity contribution is 8.08. The van der Waals surface area contributed by atoms with Gasteiger partial charge in [0.2, 0.25) is 0 Å². The largest absolute Gasteiger partial charge is 0.354 e. The molecule has 2 N–H and O–H groups in total. The van der Waals surface area contributed by atoms with Crippen molar-refractivity contribution in [2.24, 2.45) is 5.10 Å². The SMILES string of the molecule is CC1=NNC(=O)C1=C1C=C(Sc2ccccc2)c2ccccc2N1. The molecule has 0 aromatic heterocycles. The molecule has 0 fully saturated rings. The van der Waals surface area contributed by atoms with Crippen LogP contribution in [0.15, 0.2) is 81.9 Å². The number of carbonyl (C=O) groups excluding carboxylic acids is 1. The molecule has 2 aliphatic heterocycles. The maximum Gasteiger partial charge on any atom is 0.275 e. The Labute approximate surface area is 144 Å². The molecule has 0 saturated heterocycles. The van der Waals surface area contributed by atoms with E-state index in [9.17, 15) is 4.79 Å². The molecular weight excluding hydrogens is 318 g/mol. The number of fused-ring (bicyclic) bond motifs is 1. The molecule has 2 aliphatic rings. The first kappa shape index (κ1) is 14.8. The van der Waals surface area contributed by atoms with Gasteiger partial charge in [0, 0.05) is 21.1 Å². The number of hydrogen-bond donors (Lipinski definition) is 2. The van der Waals surface area contributed by atoms with Crippen LogP contribution < -0.4 is 10.7 Å². The molecule has 0 spiro atoms. The number of hydrogen-bond acceptors (Lipinski definition) is 4. The lowest BCUT2D eigenvalue weighted by atomic mass is 10.0. The summed E-state index contributed by atoms with van der Waals surface area (Å²) >= 11 is 1.69. The Morgan fingerprint density at radius 3 is 2.50 bits per heavy atom. The Morgan fingerprint density at radius 2 is 1.75 bits per heavy atom. The lowest BCUT2D eigenvalue weighted by molar-refractivity contribution is -0.116. The van der Waals surface area contributed by atoms with Gasteiger partial charge in [-0.05, 0) is 31.2 Å². The van der Waals surface area contributed by atoms with E-state index in [1.165, 1.54) is 0 Å². The smallest absolute Gasteiger partial charge is 0.275 e. The van der Waals surface area contributed by atoms with Gasteiger partial charge in [-0.25, -0.2) is 5.43 Å². The number of thioether (sulfide) groups is 1. The van der Waals surface area contributed by atoms with E-state index >= 15 is 0 Å². The molecule has 2 heterocycles. The van der Waals surface area contributed by atoms with Crippen molar-refractivity contribution in [3.63, 3.8) is 0 Å². The standard InChI is InChI=1S/C19H15N3OS/c1-12-18(19(23)22-21-12)16-11-17(24-13-7-3-2-4-8-13)14-9-5-6-10-15(14)20-16/h2-11,20H,1H3,(H,22,23). The fourth-order valence-corrected chi connectivity index (χ4v) is 3.77. The predicted molar refractivity (Wildman–Crippen MR) is 98.6 cm³/mol. The minimum absolute atomic E-state index is 0.172. The number of para-hydroxylation sites is 1. The number of nitrogens with zero attached hydrogens (tertiary/aromatic N) is 1. The maximum absolute atomic E-state index is 12.1. The fourth-order valence-electron chi connectivity index (χ4n) is 2.76. The van der Waals surface area contributed by atoms with Crippen molar-refractivity contribution in [1.82, 2.24) is 5.43 Å². The van der Waals surface area contributed by atoms with Crippen molar-refractivity contribution in [3.8, 4) is 0 Å². The summed E-state index contributed by atoms with van der Waals surface area (Å²) in [5.41, 5.74) is 6.71. The number of amides is 1. The van der Waals surface area contributed by atoms with Gasteiger partial charge in [-0.3, -0.25) is 4.79 Å². The molecule has 4 nitrogen and oxygen atoms in total. The molecule has 0 aliphatic carbocycles. The zero-order chi connectivity index (χ0) is 16.5. The lowest BCUT2D eigenvalue weighted by Crippen LogP contribution is -2.18. The van der Waals surface area contributed by atoms with Crippen molar-refractivity contribution in [2.75, 3.05) is 5.32 Å². The van der Waals surface area contributed by atoms with Crippen molar-refractivity contribution in [2.45, 2.75) is 11.8 Å². The second-order valence-corrected chi connectivity index (χ2v) is 6.64. The third kappa shape index (κ3) is 2.63. The number of hydrazone groups is 1. The second kappa shape index (κ2) is 6.02. The van der Waals surface area contributed by atoms with Crippen LogP contribution >= 0.6 is 11.8 Å². The van der Waals surface area contributed by atoms with Crippen LogP contribution in [-0.2, 0) is 4.79 Å². The Balaban J connectivity index is 1.83. The third-order valence-corrected chi connectivity index (χ3v) is 4.96. The number of benzene rings is 2. The molecule has 0 saturated carbocycles. The van der Waals surface area contributed by atoms with E-state index in [1.54, 1.807) is 11.8 Å². The quantitative estimate of drug-likeness (QED) is 0.817. The zero-order valence-electron chi connectivity index (χ0n) is 13.0. The van der Waals surface area contributed by atoms with Crippen LogP contribution in [0.3, 0.4) is 0 Å². The molecule has 2 aromatic carbocycles. The van der Waals surface area contributed by atoms with Crippen molar-refractivity contribution in [1.29, 1.82) is 0 Å². The first-order chi connectivity index (χ1) is 11.7. The summed E-state index contributed by atoms with van der Waals surface area (Å²) in [7, 11) is 0. The number of allylic oxidation sites excluding steroid dienone is 1. The van der Waals surface area contributed by atoms with E-state index < -0.39 is 0 Å². The van der Waals surface area contributed by atoms with Crippen molar-refractivity contribution in [3.05, 3.63) is 77.5 Å². The van der Waals surface area contributed by atoms with Gasteiger partial charge in [-0.2, -0.15) is 5.10 Å². The number of nitrogens with one attached hydrogen (secondary N) is 2. The van der Waals surface area contributed by atoms with Gasteiger partial charge in [0.25, 0.3) is 5.91 Å². The highest BCUT2D eigenvalue weighted by Crippen LogP contribution is 2.42. The van der Waals surface area contributed by atoms with E-state index in [1.807, 2.05) is 49.4 Å². The predicted octanol–water partition coefficient (Wildman–Crippen LogP) is 4.01. The molecule has 0 radical (unpaired) electrons. The van der Waals surface area contributed by atoms with Gasteiger partial charge < -0.3 is 5.32 Å². The molecule has 0 atom stereocenters. The maximum atomic E-state index is 12.1. The van der Waals surface area contributed by atoms with Crippen LogP contribution in [0.1, 0.15) is 12.5 Å². The van der Waals surface area contributed by atoms with Gasteiger partial charge in [-0.1, -0.05) is 48.2 Å². The highest BCUT2D eigenvalue weighted by atomic mass is 32.2. The Bertz CT molecular complexity index is 913. The average Bonchev–Trinajstić information content (AvgIpc) is 2.94. The topological polar surface area (TPSA) is 53.5 Å². The van der Waals surface area contributed by atoms with Crippen molar-refractivity contribution < 1.29 is 4.79 Å². The average molecular weight is 333 g/mol. The monoisotopic (exact) mass is 333 g/mol. The zero-order valence-corrected chi connectivity index (χ0v) is 13.9. The summed E-state index contributed by atoms with van der Waals surface area (Å²) in [6.07, 6.45) is 2.03. The van der Waals surface area contributed by atoms with E-state index in [4.69, 9.17) is 0 Å². The fraction of sp³-hybridized carbons (Fsp3) is 0.0526. The summed E-state index contributed by atoms with van der Waals surface area (Å²) in [5, 5.41) is 7.39. The number of rotatable bonds is 2. The van der Waals surface area contributed by atoms with Gasteiger partial charge in [0.05, 0.1) is 17.0 Å². The van der Waals surface area contributed by atoms with Gasteiger partial charge in [-0.15, -0.1) is 0 Å². The lowest BCUT2D eigenvalue weighted by Gasteiger charge is -2.22. The van der Waals surface area contributed by atoms with E-state index in [0.29, 0.717) is 11.3 Å². The Kier molecular flexibility index (Phi) is 3.70. The van der Waals surface area contributed by atoms with E-state index in [-0.39, 0.29) is 5.91 Å². The van der Waals surface area contributed by atoms with E-state index in [0.717, 1.165) is 26.7 Å². The molecule has 0 unspecified atom stereocenters. The summed E-state index contributed by atoms with van der Waals surface area (Å²) in [5.74, 6) is -0.172. The first-order valence-corrected chi connectivity index (χ1v) is 8.44. The van der Waals surface area contributed by atoms with Gasteiger partial charge in [0.15, 0.2) is 0 Å². The summed E-state index contributed by atoms with van der Waals surface area (Å²) in [6.45, 7) is 1.83. The van der Waals surface area contributed by atoms with Crippen LogP contribution in [0.4, 0.5) is 5.69 Å². The van der Waals surface area contributed by atoms with Crippen LogP contribution in [0.2, 0.25) is 0 Å². The minimum Gasteiger partial charge on any atom is -0.354 e. The minimum atomic E-state index is -0.172. The van der Waals surface area contributed by atoms with Crippen molar-refractivity contribution >= 4 is 34.0 Å². The molecule has 1 amide bonds. The normalized spacial score (nSPS) is 19.1. The summed E-state index contributed by atoms with van der Waals surface area (Å²) in [4.78, 5) is 14.4. The summed E-state index contributed by atoms with van der Waals surface area (Å²) in [6, 6.07) is 18.3. The molecule has 5 heteroatoms. The highest BCUT2D eigenvalue weighted by Gasteiger charge is 2.26. The van der Waals surface area contributed by atoms with Crippen LogP contribution in [0.5, 0.6) is 0 Å². The number of carbonyl (C=O) groups is 1. The third-order valence-electron chi connectivity index (χ3n) is 3.89. The molecule has 118 valence electrons. The van der Waals surface area contributed by atoms with Gasteiger partial charge >= 0.3 is 0 Å². The van der Waals surface area contributed by atoms with Crippen LogP contribution in [0.25, 0.3) is 4.91 Å².